The van der Waals surface area contributed by atoms with Gasteiger partial charge < -0.3 is 114 Å². The number of rotatable bonds is 33. The minimum Gasteiger partial charge on any atom is -0.481 e. The summed E-state index contributed by atoms with van der Waals surface area (Å²) in [5.74, 6) is -18.3. The molecule has 2 aliphatic heterocycles. The van der Waals surface area contributed by atoms with Gasteiger partial charge in [0.15, 0.2) is 17.5 Å². The van der Waals surface area contributed by atoms with E-state index in [2.05, 4.69) is 84.4 Å². The number of nitrogens with zero attached hydrogens (tertiary/aromatic N) is 2. The van der Waals surface area contributed by atoms with Gasteiger partial charge in [0.2, 0.25) is 70.9 Å². The van der Waals surface area contributed by atoms with Crippen molar-refractivity contribution in [3.05, 3.63) is 83.8 Å². The molecule has 42 heteroatoms. The maximum absolute atomic E-state index is 15.3. The number of benzene rings is 2. The third kappa shape index (κ3) is 33.5. The van der Waals surface area contributed by atoms with Crippen molar-refractivity contribution in [2.24, 2.45) is 35.5 Å². The van der Waals surface area contributed by atoms with Gasteiger partial charge in [-0.25, -0.2) is 0 Å². The van der Waals surface area contributed by atoms with Crippen LogP contribution in [0, 0.1) is 23.2 Å². The number of aliphatic imine (C=N–C) groups is 1. The molecule has 0 bridgehead atoms. The number of aliphatic hydroxyl groups is 2. The average molecular weight is 1770 g/mol. The smallest absolute Gasteiger partial charge is 0.305 e. The standard InChI is InChI=1S/C82H119N19O21S2/c1-11-44(4)68(90-49(9)105)81(120)98-64-42-124-123-41-63(78(117)100-69(48(8)104)79(118)86-27-28-121-29-30-122-40-47(7)103)97-72(111)57(20-16-25-87-82(83)84)91-74(113)59(32-50-24-26-85-36-50)93-70(109)45(5)31-53(106)38-89-71(110)60(33-51-37-88-56-19-14-12-17-54(51)56)94-76(115)62(35-66(107)108)95-73(112)58(23-22-46(6)102)92-75(114)61(96-80(119)67(43(2)3)99-77(64)116)34-52-39-101(10)65-21-15-13-18-55(52)65/h12-15,17-19,21,26,36-37,39,43-45,48,57-64,67-69,76,88,94,104,115H,11,16,20,22-25,27-35,38,40-42H2,1-10H3,(H,86,118)(H,89,110)(H,90,105)(H,91,113)(H,92,114)(H,93,109)(H,95,112)(H,96,119)(H,97,111)(H,98,120)(H,99,116)(H,100,117)(H,107,108)(H4,83,84,87)/t44-,45+,48+,57-,58-,59-,60-,61-,62?,63-,64-,67-,68-,69-,76?/m0/s1. The van der Waals surface area contributed by atoms with Crippen LogP contribution in [-0.4, -0.2) is 268 Å². The van der Waals surface area contributed by atoms with Gasteiger partial charge in [0.1, 0.15) is 73.0 Å². The first-order chi connectivity index (χ1) is 58.8. The predicted molar refractivity (Wildman–Crippen MR) is 462 cm³/mol. The summed E-state index contributed by atoms with van der Waals surface area (Å²) in [5, 5.41) is 79.5. The molecule has 1 saturated heterocycles. The van der Waals surface area contributed by atoms with E-state index in [-0.39, 0.29) is 90.2 Å². The second-order valence-corrected chi connectivity index (χ2v) is 33.7. The number of Topliss-reactive ketones (excluding diaryl/α,β-unsaturated/α-hetero) is 3. The largest absolute Gasteiger partial charge is 0.481 e. The van der Waals surface area contributed by atoms with Crippen molar-refractivity contribution in [3.8, 4) is 0 Å². The number of amides is 12. The minimum absolute atomic E-state index is 0.00731. The molecular weight excluding hydrogens is 1650 g/mol. The van der Waals surface area contributed by atoms with Crippen LogP contribution in [0.15, 0.2) is 77.7 Å². The molecule has 680 valence electrons. The number of nitrogens with two attached hydrogens (primary N) is 1. The van der Waals surface area contributed by atoms with E-state index in [0.717, 1.165) is 21.6 Å². The van der Waals surface area contributed by atoms with E-state index in [1.165, 1.54) is 40.8 Å². The molecule has 2 aromatic carbocycles. The molecule has 4 aromatic rings. The number of ketones is 3. The van der Waals surface area contributed by atoms with E-state index in [0.29, 0.717) is 44.9 Å². The Bertz CT molecular complexity index is 4500. The van der Waals surface area contributed by atoms with Crippen molar-refractivity contribution in [2.45, 2.75) is 212 Å². The molecule has 1 fully saturated rings. The summed E-state index contributed by atoms with van der Waals surface area (Å²) in [5.41, 5.74) is 8.49. The molecule has 0 spiro atoms. The van der Waals surface area contributed by atoms with Crippen LogP contribution in [0.4, 0.5) is 0 Å². The van der Waals surface area contributed by atoms with E-state index in [9.17, 15) is 72.9 Å². The summed E-state index contributed by atoms with van der Waals surface area (Å²) in [7, 11) is 3.43. The number of aromatic amines is 1. The first kappa shape index (κ1) is 102. The van der Waals surface area contributed by atoms with Crippen molar-refractivity contribution in [1.82, 2.24) is 84.0 Å². The number of nitrogens with one attached hydrogen (secondary N) is 16. The lowest BCUT2D eigenvalue weighted by atomic mass is 9.97. The highest BCUT2D eigenvalue weighted by Gasteiger charge is 2.40. The van der Waals surface area contributed by atoms with Gasteiger partial charge in [0.05, 0.1) is 51.0 Å². The maximum atomic E-state index is 15.3. The van der Waals surface area contributed by atoms with Crippen LogP contribution in [0.2, 0.25) is 0 Å². The molecular formula is C82H119N19O21S2. The Morgan fingerprint density at radius 3 is 1.95 bits per heavy atom. The number of carboxylic acid groups (broad SMARTS) is 1. The first-order valence-corrected chi connectivity index (χ1v) is 43.5. The van der Waals surface area contributed by atoms with E-state index < -0.39 is 228 Å². The van der Waals surface area contributed by atoms with Gasteiger partial charge in [-0.3, -0.25) is 87.6 Å². The van der Waals surface area contributed by atoms with Gasteiger partial charge in [-0.15, -0.1) is 0 Å². The van der Waals surface area contributed by atoms with Crippen molar-refractivity contribution in [3.63, 3.8) is 0 Å². The lowest BCUT2D eigenvalue weighted by Crippen LogP contribution is -2.62. The topological polar surface area (TPSA) is 604 Å². The van der Waals surface area contributed by atoms with Crippen LogP contribution in [0.5, 0.6) is 0 Å². The molecule has 4 heterocycles. The Morgan fingerprint density at radius 1 is 0.677 bits per heavy atom. The molecule has 15 atom stereocenters. The minimum atomic E-state index is -2.12. The molecule has 124 heavy (non-hydrogen) atoms. The number of aromatic nitrogens is 2. The maximum Gasteiger partial charge on any atom is 0.305 e. The fourth-order valence-electron chi connectivity index (χ4n) is 13.4. The number of aryl methyl sites for hydroxylation is 1. The van der Waals surface area contributed by atoms with E-state index in [1.807, 2.05) is 0 Å². The summed E-state index contributed by atoms with van der Waals surface area (Å²) < 4.78 is 12.5. The number of fused-ring (bicyclic) bond motifs is 2. The number of hydrogen-bond donors (Lipinski definition) is 20. The van der Waals surface area contributed by atoms with Crippen molar-refractivity contribution < 1.29 is 102 Å². The van der Waals surface area contributed by atoms with Gasteiger partial charge in [-0.2, -0.15) is 0 Å². The number of carbonyl (C=O) groups is 16. The number of hydrogen-bond acceptors (Lipinski definition) is 25. The second kappa shape index (κ2) is 51.2. The fraction of sp³-hybridized carbons (Fsp3) is 0.561. The third-order valence-electron chi connectivity index (χ3n) is 20.4. The summed E-state index contributed by atoms with van der Waals surface area (Å²) in [6, 6.07) is -3.71. The molecule has 21 N–H and O–H groups in total. The zero-order valence-corrected chi connectivity index (χ0v) is 72.9. The second-order valence-electron chi connectivity index (χ2n) is 31.2. The van der Waals surface area contributed by atoms with Crippen LogP contribution >= 0.6 is 21.6 Å². The number of guanidine groups is 1. The lowest BCUT2D eigenvalue weighted by molar-refractivity contribution is -0.140. The summed E-state index contributed by atoms with van der Waals surface area (Å²) in [4.78, 5) is 234. The Hall–Kier alpha value is -11.2. The molecule has 2 unspecified atom stereocenters. The third-order valence-corrected chi connectivity index (χ3v) is 22.8. The summed E-state index contributed by atoms with van der Waals surface area (Å²) in [6.45, 7) is 11.8. The van der Waals surface area contributed by atoms with Crippen molar-refractivity contribution >= 4 is 150 Å². The predicted octanol–water partition coefficient (Wildman–Crippen LogP) is -1.63. The quantitative estimate of drug-likeness (QED) is 0.0110. The molecule has 2 aromatic heterocycles. The molecule has 12 amide bonds. The summed E-state index contributed by atoms with van der Waals surface area (Å²) >= 11 is 0. The van der Waals surface area contributed by atoms with E-state index in [1.54, 1.807) is 106 Å². The number of H-pyrrole nitrogens is 1. The van der Waals surface area contributed by atoms with Crippen LogP contribution in [0.25, 0.3) is 21.8 Å². The summed E-state index contributed by atoms with van der Waals surface area (Å²) in [6.07, 6.45) is -0.226. The molecule has 40 nitrogen and oxygen atoms in total. The van der Waals surface area contributed by atoms with E-state index >= 15 is 19.2 Å². The SMILES string of the molecule is CC[C@H](C)[C@H](NC(C)=O)C(=O)N[C@H]1CSSC[C@@H](C(=O)N[C@H](C(=O)NCCOCCOCC(C)=O)[C@@H](C)O)NC(=O)[C@H](CCCNC(=N)N)NC(=O)[C@H](CC2=CN=CC2)NC(=O)[C@H](C)CC(=O)CNC(=O)[C@H](Cc2c[nH]c3ccccc23)NC(O)C(CC(=O)O)NC(=O)[C@H](CCC(C)=O)NC(=O)[C@H](Cc2cn(C)c3ccccc23)NC(=O)[C@H](C(C)C)NC1=O. The molecule has 0 radical (unpaired) electrons. The zero-order valence-electron chi connectivity index (χ0n) is 71.3. The highest BCUT2D eigenvalue weighted by Crippen LogP contribution is 2.27. The lowest BCUT2D eigenvalue weighted by Gasteiger charge is -2.30. The molecule has 0 saturated carbocycles. The number of carboxylic acids is 1. The number of ether oxygens (including phenoxy) is 2. The van der Waals surface area contributed by atoms with Gasteiger partial charge in [0, 0.05) is 117 Å². The number of para-hydroxylation sites is 2. The van der Waals surface area contributed by atoms with Gasteiger partial charge in [-0.05, 0) is 93.5 Å². The number of aliphatic hydroxyl groups excluding tert-OH is 2. The number of aliphatic carboxylic acids is 1. The molecule has 2 aliphatic rings. The number of carbonyl (C=O) groups excluding carboxylic acids is 15. The van der Waals surface area contributed by atoms with Crippen LogP contribution in [0.3, 0.4) is 0 Å². The van der Waals surface area contributed by atoms with Crippen LogP contribution in [-0.2, 0) is 106 Å². The fourth-order valence-corrected chi connectivity index (χ4v) is 15.8. The Morgan fingerprint density at radius 2 is 1.31 bits per heavy atom. The molecule has 0 aliphatic carbocycles. The highest BCUT2D eigenvalue weighted by atomic mass is 33.1. The van der Waals surface area contributed by atoms with Gasteiger partial charge in [-0.1, -0.05) is 99.0 Å². The monoisotopic (exact) mass is 1770 g/mol. The van der Waals surface area contributed by atoms with Crippen LogP contribution in [0.1, 0.15) is 131 Å². The van der Waals surface area contributed by atoms with Crippen molar-refractivity contribution in [1.29, 1.82) is 5.41 Å². The van der Waals surface area contributed by atoms with Crippen LogP contribution < -0.4 is 80.2 Å². The molecule has 6 rings (SSSR count). The van der Waals surface area contributed by atoms with Crippen molar-refractivity contribution in [2.75, 3.05) is 57.6 Å². The van der Waals surface area contributed by atoms with Gasteiger partial charge >= 0.3 is 5.97 Å². The Labute approximate surface area is 725 Å². The first-order valence-electron chi connectivity index (χ1n) is 41.0. The normalized spacial score (nSPS) is 22.9. The highest BCUT2D eigenvalue weighted by molar-refractivity contribution is 8.76. The average Bonchev–Trinajstić information content (AvgIpc) is 1.65. The van der Waals surface area contributed by atoms with Gasteiger partial charge in [0.25, 0.3) is 0 Å². The zero-order chi connectivity index (χ0) is 91.4. The van der Waals surface area contributed by atoms with E-state index in [4.69, 9.17) is 20.6 Å². The Kier molecular flexibility index (Phi) is 41.9. The Balaban J connectivity index is 1.48.